The smallest absolute Gasteiger partial charge is 0.226 e. The number of aliphatic hydroxyl groups is 2. The van der Waals surface area contributed by atoms with Crippen LogP contribution in [0, 0.1) is 5.92 Å². The van der Waals surface area contributed by atoms with Crippen LogP contribution in [0.5, 0.6) is 0 Å². The minimum Gasteiger partial charge on any atom is -0.388 e. The van der Waals surface area contributed by atoms with E-state index in [1.807, 2.05) is 0 Å². The summed E-state index contributed by atoms with van der Waals surface area (Å²) < 4.78 is 0. The molecule has 3 atom stereocenters. The molecule has 0 saturated carbocycles. The molecular weight excluding hydrogens is 172 g/mol. The number of β-amino-alcohol motifs (C(OH)–C–C–N with tert-alkyl or cyclic N) is 2. The maximum Gasteiger partial charge on any atom is 0.226 e. The summed E-state index contributed by atoms with van der Waals surface area (Å²) in [6.07, 6.45) is -1.62. The molecule has 1 heterocycles. The lowest BCUT2D eigenvalue weighted by Gasteiger charge is -2.18. The minimum atomic E-state index is -0.811. The quantitative estimate of drug-likeness (QED) is 0.474. The van der Waals surface area contributed by atoms with Gasteiger partial charge in [-0.25, -0.2) is 0 Å². The molecule has 0 aromatic carbocycles. The van der Waals surface area contributed by atoms with Gasteiger partial charge in [-0.3, -0.25) is 4.79 Å². The standard InChI is InChI=1S/C8H16N2O3/c1-5(2-9)8(13)10-3-6(11)7(12)4-10/h5-7,11-12H,2-4,9H2,1H3/t5?,6-,7+. The van der Waals surface area contributed by atoms with Gasteiger partial charge in [-0.05, 0) is 0 Å². The third-order valence-electron chi connectivity index (χ3n) is 2.35. The molecule has 0 aromatic rings. The predicted molar refractivity (Wildman–Crippen MR) is 46.8 cm³/mol. The fraction of sp³-hybridized carbons (Fsp3) is 0.875. The monoisotopic (exact) mass is 188 g/mol. The predicted octanol–water partition coefficient (Wildman–Crippen LogP) is -1.85. The van der Waals surface area contributed by atoms with Crippen LogP contribution >= 0.6 is 0 Å². The Morgan fingerprint density at radius 1 is 1.54 bits per heavy atom. The summed E-state index contributed by atoms with van der Waals surface area (Å²) in [6.45, 7) is 2.45. The van der Waals surface area contributed by atoms with Crippen LogP contribution in [0.4, 0.5) is 0 Å². The van der Waals surface area contributed by atoms with Crippen LogP contribution in [-0.4, -0.2) is 52.9 Å². The van der Waals surface area contributed by atoms with Crippen LogP contribution in [0.15, 0.2) is 0 Å². The van der Waals surface area contributed by atoms with E-state index in [0.717, 1.165) is 0 Å². The zero-order chi connectivity index (χ0) is 10.0. The molecule has 1 amide bonds. The fourth-order valence-corrected chi connectivity index (χ4v) is 1.36. The van der Waals surface area contributed by atoms with E-state index in [4.69, 9.17) is 5.73 Å². The summed E-state index contributed by atoms with van der Waals surface area (Å²) >= 11 is 0. The van der Waals surface area contributed by atoms with E-state index < -0.39 is 12.2 Å². The molecule has 0 radical (unpaired) electrons. The van der Waals surface area contributed by atoms with Crippen molar-refractivity contribution in [3.8, 4) is 0 Å². The van der Waals surface area contributed by atoms with E-state index in [1.54, 1.807) is 6.92 Å². The molecule has 0 spiro atoms. The second kappa shape index (κ2) is 4.04. The van der Waals surface area contributed by atoms with Crippen molar-refractivity contribution < 1.29 is 15.0 Å². The van der Waals surface area contributed by atoms with E-state index >= 15 is 0 Å². The first-order chi connectivity index (χ1) is 6.06. The van der Waals surface area contributed by atoms with Gasteiger partial charge in [0.05, 0.1) is 12.2 Å². The lowest BCUT2D eigenvalue weighted by molar-refractivity contribution is -0.134. The molecule has 4 N–H and O–H groups in total. The van der Waals surface area contributed by atoms with Gasteiger partial charge in [-0.15, -0.1) is 0 Å². The summed E-state index contributed by atoms with van der Waals surface area (Å²) in [7, 11) is 0. The van der Waals surface area contributed by atoms with Crippen molar-refractivity contribution >= 4 is 5.91 Å². The van der Waals surface area contributed by atoms with Crippen molar-refractivity contribution in [3.05, 3.63) is 0 Å². The van der Waals surface area contributed by atoms with E-state index in [1.165, 1.54) is 4.90 Å². The highest BCUT2D eigenvalue weighted by Gasteiger charge is 2.33. The Kier molecular flexibility index (Phi) is 3.24. The van der Waals surface area contributed by atoms with Crippen LogP contribution in [0.25, 0.3) is 0 Å². The van der Waals surface area contributed by atoms with E-state index in [0.29, 0.717) is 6.54 Å². The first kappa shape index (κ1) is 10.4. The molecule has 1 aliphatic heterocycles. The van der Waals surface area contributed by atoms with E-state index in [-0.39, 0.29) is 24.9 Å². The van der Waals surface area contributed by atoms with Gasteiger partial charge < -0.3 is 20.8 Å². The Morgan fingerprint density at radius 3 is 2.38 bits per heavy atom. The van der Waals surface area contributed by atoms with Gasteiger partial charge in [0.1, 0.15) is 0 Å². The van der Waals surface area contributed by atoms with Gasteiger partial charge >= 0.3 is 0 Å². The summed E-state index contributed by atoms with van der Waals surface area (Å²) in [4.78, 5) is 12.9. The van der Waals surface area contributed by atoms with Gasteiger partial charge in [0, 0.05) is 25.6 Å². The molecule has 0 aromatic heterocycles. The lowest BCUT2D eigenvalue weighted by atomic mass is 10.1. The third kappa shape index (κ3) is 2.18. The average Bonchev–Trinajstić information content (AvgIpc) is 2.44. The van der Waals surface area contributed by atoms with Crippen LogP contribution in [0.3, 0.4) is 0 Å². The molecule has 1 saturated heterocycles. The topological polar surface area (TPSA) is 86.8 Å². The lowest BCUT2D eigenvalue weighted by Crippen LogP contribution is -2.37. The molecule has 5 heteroatoms. The number of rotatable bonds is 2. The summed E-state index contributed by atoms with van der Waals surface area (Å²) in [6, 6.07) is 0. The summed E-state index contributed by atoms with van der Waals surface area (Å²) in [5, 5.41) is 18.4. The van der Waals surface area contributed by atoms with Crippen molar-refractivity contribution in [2.75, 3.05) is 19.6 Å². The number of carbonyl (C=O) groups is 1. The second-order valence-electron chi connectivity index (χ2n) is 3.51. The normalized spacial score (nSPS) is 30.6. The summed E-state index contributed by atoms with van der Waals surface area (Å²) in [5.41, 5.74) is 5.34. The third-order valence-corrected chi connectivity index (χ3v) is 2.35. The molecule has 1 unspecified atom stereocenters. The highest BCUT2D eigenvalue weighted by Crippen LogP contribution is 2.12. The zero-order valence-corrected chi connectivity index (χ0v) is 7.68. The number of likely N-dealkylation sites (tertiary alicyclic amines) is 1. The maximum absolute atomic E-state index is 11.5. The number of aliphatic hydroxyl groups excluding tert-OH is 2. The molecule has 1 fully saturated rings. The Morgan fingerprint density at radius 2 is 2.00 bits per heavy atom. The van der Waals surface area contributed by atoms with Crippen molar-refractivity contribution in [1.29, 1.82) is 0 Å². The van der Waals surface area contributed by atoms with Crippen molar-refractivity contribution in [2.24, 2.45) is 11.7 Å². The Balaban J connectivity index is 2.50. The Hall–Kier alpha value is -0.650. The number of hydrogen-bond donors (Lipinski definition) is 3. The molecule has 0 aliphatic carbocycles. The largest absolute Gasteiger partial charge is 0.388 e. The Labute approximate surface area is 77.1 Å². The maximum atomic E-state index is 11.5. The van der Waals surface area contributed by atoms with Gasteiger partial charge in [-0.1, -0.05) is 6.92 Å². The molecule has 13 heavy (non-hydrogen) atoms. The van der Waals surface area contributed by atoms with Gasteiger partial charge in [-0.2, -0.15) is 0 Å². The number of hydrogen-bond acceptors (Lipinski definition) is 4. The first-order valence-corrected chi connectivity index (χ1v) is 4.41. The number of nitrogens with two attached hydrogens (primary N) is 1. The first-order valence-electron chi connectivity index (χ1n) is 4.41. The van der Waals surface area contributed by atoms with Gasteiger partial charge in [0.2, 0.25) is 5.91 Å². The van der Waals surface area contributed by atoms with E-state index in [2.05, 4.69) is 0 Å². The minimum absolute atomic E-state index is 0.0990. The fourth-order valence-electron chi connectivity index (χ4n) is 1.36. The Bertz CT molecular complexity index is 188. The molecule has 5 nitrogen and oxygen atoms in total. The van der Waals surface area contributed by atoms with Crippen LogP contribution in [0.2, 0.25) is 0 Å². The zero-order valence-electron chi connectivity index (χ0n) is 7.68. The van der Waals surface area contributed by atoms with Crippen LogP contribution < -0.4 is 5.73 Å². The number of amides is 1. The van der Waals surface area contributed by atoms with Crippen LogP contribution in [-0.2, 0) is 4.79 Å². The number of nitrogens with zero attached hydrogens (tertiary/aromatic N) is 1. The van der Waals surface area contributed by atoms with Crippen molar-refractivity contribution in [2.45, 2.75) is 19.1 Å². The van der Waals surface area contributed by atoms with Crippen LogP contribution in [0.1, 0.15) is 6.92 Å². The van der Waals surface area contributed by atoms with Gasteiger partial charge in [0.25, 0.3) is 0 Å². The van der Waals surface area contributed by atoms with Crippen molar-refractivity contribution in [1.82, 2.24) is 4.90 Å². The van der Waals surface area contributed by atoms with Crippen molar-refractivity contribution in [3.63, 3.8) is 0 Å². The van der Waals surface area contributed by atoms with Gasteiger partial charge in [0.15, 0.2) is 0 Å². The average molecular weight is 188 g/mol. The highest BCUT2D eigenvalue weighted by atomic mass is 16.3. The highest BCUT2D eigenvalue weighted by molar-refractivity contribution is 5.79. The molecule has 0 bridgehead atoms. The molecule has 1 rings (SSSR count). The SMILES string of the molecule is CC(CN)C(=O)N1C[C@@H](O)[C@@H](O)C1. The molecule has 1 aliphatic rings. The molecule has 76 valence electrons. The van der Waals surface area contributed by atoms with E-state index in [9.17, 15) is 15.0 Å². The number of carbonyl (C=O) groups excluding carboxylic acids is 1. The summed E-state index contributed by atoms with van der Waals surface area (Å²) in [5.74, 6) is -0.337. The second-order valence-corrected chi connectivity index (χ2v) is 3.51. The molecular formula is C8H16N2O3.